The van der Waals surface area contributed by atoms with Crippen molar-refractivity contribution in [2.24, 2.45) is 0 Å². The Labute approximate surface area is 162 Å². The Morgan fingerprint density at radius 3 is 1.69 bits per heavy atom. The van der Waals surface area contributed by atoms with E-state index in [1.807, 2.05) is 0 Å². The van der Waals surface area contributed by atoms with Gasteiger partial charge in [-0.25, -0.2) is 0 Å². The van der Waals surface area contributed by atoms with E-state index in [1.165, 1.54) is 36.4 Å². The monoisotopic (exact) mass is 408 g/mol. The Morgan fingerprint density at radius 1 is 0.655 bits per heavy atom. The van der Waals surface area contributed by atoms with E-state index < -0.39 is 23.5 Å². The van der Waals surface area contributed by atoms with Crippen molar-refractivity contribution in [1.82, 2.24) is 0 Å². The minimum absolute atomic E-state index is 0.191. The molecule has 3 aromatic carbocycles. The highest BCUT2D eigenvalue weighted by Gasteiger charge is 2.31. The molecule has 0 atom stereocenters. The van der Waals surface area contributed by atoms with Gasteiger partial charge in [-0.2, -0.15) is 26.3 Å². The van der Waals surface area contributed by atoms with Gasteiger partial charge in [-0.15, -0.1) is 0 Å². The lowest BCUT2D eigenvalue weighted by atomic mass is 9.98. The lowest BCUT2D eigenvalue weighted by Gasteiger charge is -2.09. The Morgan fingerprint density at radius 2 is 1.17 bits per heavy atom. The molecule has 0 N–H and O–H groups in total. The zero-order valence-corrected chi connectivity index (χ0v) is 14.8. The second kappa shape index (κ2) is 7.73. The number of halogens is 6. The van der Waals surface area contributed by atoms with Gasteiger partial charge in [0, 0.05) is 12.0 Å². The first-order chi connectivity index (χ1) is 13.5. The zero-order chi connectivity index (χ0) is 21.2. The lowest BCUT2D eigenvalue weighted by Crippen LogP contribution is -2.08. The number of Topliss-reactive ketones (excluding diaryl/α,β-unsaturated/α-hetero) is 1. The molecule has 0 radical (unpaired) electrons. The minimum Gasteiger partial charge on any atom is -0.294 e. The van der Waals surface area contributed by atoms with Crippen LogP contribution in [0.15, 0.2) is 72.8 Å². The first-order valence-corrected chi connectivity index (χ1v) is 8.51. The fourth-order valence-corrected chi connectivity index (χ4v) is 2.85. The van der Waals surface area contributed by atoms with Gasteiger partial charge in [0.1, 0.15) is 0 Å². The molecule has 0 aliphatic carbocycles. The molecule has 0 amide bonds. The summed E-state index contributed by atoms with van der Waals surface area (Å²) >= 11 is 0. The van der Waals surface area contributed by atoms with Crippen LogP contribution in [-0.2, 0) is 18.8 Å². The fourth-order valence-electron chi connectivity index (χ4n) is 2.85. The molecule has 29 heavy (non-hydrogen) atoms. The van der Waals surface area contributed by atoms with Crippen LogP contribution in [0.25, 0.3) is 11.1 Å². The van der Waals surface area contributed by atoms with Gasteiger partial charge in [0.2, 0.25) is 0 Å². The highest BCUT2D eigenvalue weighted by Crippen LogP contribution is 2.31. The van der Waals surface area contributed by atoms with Crippen molar-refractivity contribution in [3.8, 4) is 11.1 Å². The van der Waals surface area contributed by atoms with Crippen LogP contribution in [0, 0.1) is 0 Å². The summed E-state index contributed by atoms with van der Waals surface area (Å²) in [7, 11) is 0. The van der Waals surface area contributed by atoms with Gasteiger partial charge in [-0.05, 0) is 34.9 Å². The summed E-state index contributed by atoms with van der Waals surface area (Å²) in [4.78, 5) is 12.4. The standard InChI is InChI=1S/C22H14F6O/c23-21(24,25)18-10-8-16(9-11-18)15-4-6-17(7-5-15)20(29)13-14-2-1-3-19(12-14)22(26,27)28/h1-12H,13H2. The molecule has 3 aromatic rings. The summed E-state index contributed by atoms with van der Waals surface area (Å²) in [5, 5.41) is 0. The quantitative estimate of drug-likeness (QED) is 0.342. The maximum Gasteiger partial charge on any atom is 0.416 e. The van der Waals surface area contributed by atoms with Gasteiger partial charge >= 0.3 is 12.4 Å². The maximum absolute atomic E-state index is 12.8. The van der Waals surface area contributed by atoms with E-state index in [9.17, 15) is 31.1 Å². The second-order valence-electron chi connectivity index (χ2n) is 6.45. The molecule has 0 heterocycles. The summed E-state index contributed by atoms with van der Waals surface area (Å²) in [5.41, 5.74) is 0.147. The van der Waals surface area contributed by atoms with Crippen LogP contribution < -0.4 is 0 Å². The number of carbonyl (C=O) groups excluding carboxylic acids is 1. The molecule has 0 unspecified atom stereocenters. The van der Waals surface area contributed by atoms with Gasteiger partial charge in [-0.3, -0.25) is 4.79 Å². The summed E-state index contributed by atoms with van der Waals surface area (Å²) in [6.07, 6.45) is -9.09. The molecule has 7 heteroatoms. The molecule has 0 aliphatic rings. The van der Waals surface area contributed by atoms with Crippen LogP contribution in [0.2, 0.25) is 0 Å². The van der Waals surface area contributed by atoms with Crippen molar-refractivity contribution in [3.05, 3.63) is 95.1 Å². The molecule has 3 rings (SSSR count). The molecular formula is C22H14F6O. The molecular weight excluding hydrogens is 394 g/mol. The van der Waals surface area contributed by atoms with E-state index in [4.69, 9.17) is 0 Å². The van der Waals surface area contributed by atoms with E-state index in [1.54, 1.807) is 12.1 Å². The third-order valence-electron chi connectivity index (χ3n) is 4.37. The van der Waals surface area contributed by atoms with Gasteiger partial charge in [0.15, 0.2) is 5.78 Å². The van der Waals surface area contributed by atoms with Crippen LogP contribution in [0.1, 0.15) is 27.0 Å². The highest BCUT2D eigenvalue weighted by atomic mass is 19.4. The average molecular weight is 408 g/mol. The summed E-state index contributed by atoms with van der Waals surface area (Å²) in [6, 6.07) is 15.4. The number of benzene rings is 3. The number of ketones is 1. The second-order valence-corrected chi connectivity index (χ2v) is 6.45. The van der Waals surface area contributed by atoms with Crippen molar-refractivity contribution in [2.75, 3.05) is 0 Å². The van der Waals surface area contributed by atoms with Gasteiger partial charge < -0.3 is 0 Å². The highest BCUT2D eigenvalue weighted by molar-refractivity contribution is 5.97. The van der Waals surface area contributed by atoms with Crippen LogP contribution in [0.5, 0.6) is 0 Å². The molecule has 0 spiro atoms. The van der Waals surface area contributed by atoms with Crippen molar-refractivity contribution < 1.29 is 31.1 Å². The predicted molar refractivity (Wildman–Crippen MR) is 96.4 cm³/mol. The van der Waals surface area contributed by atoms with Crippen molar-refractivity contribution in [3.63, 3.8) is 0 Å². The maximum atomic E-state index is 12.8. The van der Waals surface area contributed by atoms with E-state index in [0.29, 0.717) is 16.7 Å². The van der Waals surface area contributed by atoms with E-state index in [0.717, 1.165) is 24.3 Å². The summed E-state index contributed by atoms with van der Waals surface area (Å²) in [5.74, 6) is -0.358. The average Bonchev–Trinajstić information content (AvgIpc) is 2.67. The van der Waals surface area contributed by atoms with Crippen LogP contribution in [-0.4, -0.2) is 5.78 Å². The lowest BCUT2D eigenvalue weighted by molar-refractivity contribution is -0.138. The molecule has 150 valence electrons. The van der Waals surface area contributed by atoms with Crippen molar-refractivity contribution in [2.45, 2.75) is 18.8 Å². The van der Waals surface area contributed by atoms with E-state index >= 15 is 0 Å². The van der Waals surface area contributed by atoms with Gasteiger partial charge in [-0.1, -0.05) is 54.6 Å². The smallest absolute Gasteiger partial charge is 0.294 e. The predicted octanol–water partition coefficient (Wildman–Crippen LogP) is 6.82. The Hall–Kier alpha value is -3.09. The first kappa shape index (κ1) is 20.6. The van der Waals surface area contributed by atoms with Crippen LogP contribution >= 0.6 is 0 Å². The number of hydrogen-bond donors (Lipinski definition) is 0. The minimum atomic E-state index is -4.48. The van der Waals surface area contributed by atoms with Crippen LogP contribution in [0.3, 0.4) is 0 Å². The number of carbonyl (C=O) groups is 1. The topological polar surface area (TPSA) is 17.1 Å². The Kier molecular flexibility index (Phi) is 5.50. The number of alkyl halides is 6. The third-order valence-corrected chi connectivity index (χ3v) is 4.37. The largest absolute Gasteiger partial charge is 0.416 e. The molecule has 0 aromatic heterocycles. The normalized spacial score (nSPS) is 12.1. The van der Waals surface area contributed by atoms with E-state index in [-0.39, 0.29) is 17.8 Å². The molecule has 1 nitrogen and oxygen atoms in total. The SMILES string of the molecule is O=C(Cc1cccc(C(F)(F)F)c1)c1ccc(-c2ccc(C(F)(F)F)cc2)cc1. The van der Waals surface area contributed by atoms with Crippen molar-refractivity contribution >= 4 is 5.78 Å². The zero-order valence-electron chi connectivity index (χ0n) is 14.8. The molecule has 0 fully saturated rings. The van der Waals surface area contributed by atoms with Gasteiger partial charge in [0.25, 0.3) is 0 Å². The van der Waals surface area contributed by atoms with E-state index in [2.05, 4.69) is 0 Å². The molecule has 0 bridgehead atoms. The first-order valence-electron chi connectivity index (χ1n) is 8.51. The van der Waals surface area contributed by atoms with Gasteiger partial charge in [0.05, 0.1) is 11.1 Å². The Bertz CT molecular complexity index is 999. The molecule has 0 saturated carbocycles. The third kappa shape index (κ3) is 5.04. The summed E-state index contributed by atoms with van der Waals surface area (Å²) in [6.45, 7) is 0. The van der Waals surface area contributed by atoms with Crippen molar-refractivity contribution in [1.29, 1.82) is 0 Å². The summed E-state index contributed by atoms with van der Waals surface area (Å²) < 4.78 is 76.2. The molecule has 0 saturated heterocycles. The van der Waals surface area contributed by atoms with Crippen LogP contribution in [0.4, 0.5) is 26.3 Å². The number of rotatable bonds is 4. The number of hydrogen-bond acceptors (Lipinski definition) is 1. The molecule has 0 aliphatic heterocycles. The fraction of sp³-hybridized carbons (Fsp3) is 0.136. The Balaban J connectivity index is 1.74.